The van der Waals surface area contributed by atoms with Crippen LogP contribution in [0.15, 0.2) is 66.2 Å². The number of ether oxygens (including phenoxy) is 4. The largest absolute Gasteiger partial charge is 0.507 e. The summed E-state index contributed by atoms with van der Waals surface area (Å²) in [6, 6.07) is 15.0. The molecule has 1 atom stereocenters. The average molecular weight is 520 g/mol. The molecule has 3 aromatic carbocycles. The van der Waals surface area contributed by atoms with E-state index in [9.17, 15) is 19.8 Å². The third-order valence-corrected chi connectivity index (χ3v) is 6.11. The maximum absolute atomic E-state index is 13.5. The number of amides is 1. The van der Waals surface area contributed by atoms with Gasteiger partial charge >= 0.3 is 0 Å². The van der Waals surface area contributed by atoms with Gasteiger partial charge in [0, 0.05) is 17.3 Å². The fraction of sp³-hybridized carbons (Fsp3) is 0.241. The molecule has 38 heavy (non-hydrogen) atoms. The molecule has 1 amide bonds. The molecule has 1 unspecified atom stereocenters. The van der Waals surface area contributed by atoms with Crippen LogP contribution in [0.4, 0.5) is 5.69 Å². The van der Waals surface area contributed by atoms with Gasteiger partial charge in [0.25, 0.3) is 11.7 Å². The molecule has 0 saturated carbocycles. The normalized spacial score (nSPS) is 16.4. The number of aliphatic hydroxyl groups is 1. The zero-order valence-corrected chi connectivity index (χ0v) is 21.6. The number of carbonyl (C=O) groups is 2. The van der Waals surface area contributed by atoms with Gasteiger partial charge in [0.1, 0.15) is 11.5 Å². The molecule has 1 aliphatic rings. The van der Waals surface area contributed by atoms with Crippen LogP contribution in [-0.2, 0) is 9.59 Å². The van der Waals surface area contributed by atoms with Gasteiger partial charge in [-0.25, -0.2) is 0 Å². The van der Waals surface area contributed by atoms with Crippen molar-refractivity contribution >= 4 is 23.1 Å². The third kappa shape index (κ3) is 4.82. The number of phenolic OH excluding ortho intramolecular Hbond substituents is 1. The van der Waals surface area contributed by atoms with Crippen molar-refractivity contribution in [2.24, 2.45) is 0 Å². The minimum absolute atomic E-state index is 0.0919. The number of methoxy groups -OCH3 is 2. The number of hydrogen-bond donors (Lipinski definition) is 2. The number of nitrogens with zero attached hydrogens (tertiary/aromatic N) is 1. The Hall–Kier alpha value is -4.66. The van der Waals surface area contributed by atoms with E-state index in [2.05, 4.69) is 0 Å². The van der Waals surface area contributed by atoms with Crippen LogP contribution < -0.4 is 23.8 Å². The highest BCUT2D eigenvalue weighted by Crippen LogP contribution is 2.45. The molecule has 1 heterocycles. The maximum Gasteiger partial charge on any atom is 0.300 e. The summed E-state index contributed by atoms with van der Waals surface area (Å²) in [5.41, 5.74) is 0.990. The molecule has 198 valence electrons. The summed E-state index contributed by atoms with van der Waals surface area (Å²) >= 11 is 0. The van der Waals surface area contributed by atoms with E-state index in [0.29, 0.717) is 41.7 Å². The first-order valence-electron chi connectivity index (χ1n) is 12.1. The third-order valence-electron chi connectivity index (χ3n) is 6.11. The van der Waals surface area contributed by atoms with Crippen molar-refractivity contribution in [1.29, 1.82) is 0 Å². The summed E-state index contributed by atoms with van der Waals surface area (Å²) in [6.07, 6.45) is 0. The van der Waals surface area contributed by atoms with Crippen molar-refractivity contribution in [3.63, 3.8) is 0 Å². The quantitative estimate of drug-likeness (QED) is 0.235. The average Bonchev–Trinajstić information content (AvgIpc) is 3.19. The van der Waals surface area contributed by atoms with Crippen molar-refractivity contribution in [2.75, 3.05) is 32.3 Å². The number of benzene rings is 3. The van der Waals surface area contributed by atoms with E-state index in [-0.39, 0.29) is 28.4 Å². The Morgan fingerprint density at radius 3 is 2.29 bits per heavy atom. The van der Waals surface area contributed by atoms with E-state index in [1.54, 1.807) is 55.5 Å². The number of hydrogen-bond acceptors (Lipinski definition) is 8. The number of aliphatic hydroxyl groups excluding tert-OH is 1. The Morgan fingerprint density at radius 2 is 1.61 bits per heavy atom. The lowest BCUT2D eigenvalue weighted by Crippen LogP contribution is -2.29. The monoisotopic (exact) mass is 519 g/mol. The van der Waals surface area contributed by atoms with Gasteiger partial charge < -0.3 is 29.2 Å². The second-order valence-electron chi connectivity index (χ2n) is 8.33. The van der Waals surface area contributed by atoms with Crippen LogP contribution in [0.25, 0.3) is 5.76 Å². The Labute approximate surface area is 220 Å². The smallest absolute Gasteiger partial charge is 0.300 e. The summed E-state index contributed by atoms with van der Waals surface area (Å²) < 4.78 is 21.8. The van der Waals surface area contributed by atoms with Crippen molar-refractivity contribution < 1.29 is 38.7 Å². The first-order chi connectivity index (χ1) is 18.3. The molecule has 1 fully saturated rings. The molecule has 1 saturated heterocycles. The lowest BCUT2D eigenvalue weighted by atomic mass is 9.94. The Balaban J connectivity index is 1.95. The lowest BCUT2D eigenvalue weighted by molar-refractivity contribution is -0.132. The van der Waals surface area contributed by atoms with Gasteiger partial charge in [0.2, 0.25) is 0 Å². The van der Waals surface area contributed by atoms with Gasteiger partial charge in [-0.2, -0.15) is 0 Å². The molecule has 0 spiro atoms. The van der Waals surface area contributed by atoms with Crippen LogP contribution >= 0.6 is 0 Å². The minimum atomic E-state index is -1.03. The Kier molecular flexibility index (Phi) is 7.76. The number of aromatic hydroxyl groups is 1. The highest BCUT2D eigenvalue weighted by Gasteiger charge is 2.47. The summed E-state index contributed by atoms with van der Waals surface area (Å²) in [4.78, 5) is 28.3. The van der Waals surface area contributed by atoms with E-state index < -0.39 is 17.7 Å². The fourth-order valence-electron chi connectivity index (χ4n) is 4.41. The number of anilines is 1. The zero-order valence-electron chi connectivity index (χ0n) is 21.6. The lowest BCUT2D eigenvalue weighted by Gasteiger charge is -2.26. The van der Waals surface area contributed by atoms with Crippen LogP contribution in [0.2, 0.25) is 0 Å². The van der Waals surface area contributed by atoms with Crippen molar-refractivity contribution in [3.8, 4) is 28.7 Å². The zero-order chi connectivity index (χ0) is 27.4. The van der Waals surface area contributed by atoms with Gasteiger partial charge in [-0.3, -0.25) is 14.5 Å². The second-order valence-corrected chi connectivity index (χ2v) is 8.33. The molecular formula is C29H29NO8. The fourth-order valence-corrected chi connectivity index (χ4v) is 4.41. The SMILES string of the molecule is CCOc1cccc(N2C(=O)C(=O)/C(=C(\O)c3ccc(OC)c(OC)c3)C2c2ccc(O)c(OCC)c2)c1. The predicted molar refractivity (Wildman–Crippen MR) is 141 cm³/mol. The highest BCUT2D eigenvalue weighted by molar-refractivity contribution is 6.51. The minimum Gasteiger partial charge on any atom is -0.507 e. The molecule has 9 nitrogen and oxygen atoms in total. The molecule has 0 aliphatic carbocycles. The van der Waals surface area contributed by atoms with E-state index >= 15 is 0 Å². The molecule has 4 rings (SSSR count). The number of rotatable bonds is 9. The van der Waals surface area contributed by atoms with Gasteiger partial charge in [0.15, 0.2) is 23.0 Å². The molecule has 0 aromatic heterocycles. The van der Waals surface area contributed by atoms with E-state index in [4.69, 9.17) is 18.9 Å². The number of carbonyl (C=O) groups excluding carboxylic acids is 2. The molecule has 0 bridgehead atoms. The number of ketones is 1. The predicted octanol–water partition coefficient (Wildman–Crippen LogP) is 4.83. The first-order valence-corrected chi connectivity index (χ1v) is 12.1. The molecule has 0 radical (unpaired) electrons. The molecule has 1 aliphatic heterocycles. The number of phenols is 1. The van der Waals surface area contributed by atoms with Crippen LogP contribution in [0.5, 0.6) is 28.7 Å². The van der Waals surface area contributed by atoms with E-state index in [0.717, 1.165) is 0 Å². The summed E-state index contributed by atoms with van der Waals surface area (Å²) in [7, 11) is 2.94. The van der Waals surface area contributed by atoms with E-state index in [1.165, 1.54) is 31.3 Å². The molecular weight excluding hydrogens is 490 g/mol. The Morgan fingerprint density at radius 1 is 0.868 bits per heavy atom. The Bertz CT molecular complexity index is 1400. The standard InChI is InChI=1S/C29H29NO8/c1-5-37-20-9-7-8-19(16-20)30-26(17-10-12-21(31)23(14-17)38-6-2)25(28(33)29(30)34)27(32)18-11-13-22(35-3)24(15-18)36-4/h7-16,26,31-32H,5-6H2,1-4H3/b27-25-. The highest BCUT2D eigenvalue weighted by atomic mass is 16.5. The summed E-state index contributed by atoms with van der Waals surface area (Å²) in [5, 5.41) is 21.7. The summed E-state index contributed by atoms with van der Waals surface area (Å²) in [6.45, 7) is 4.32. The van der Waals surface area contributed by atoms with Gasteiger partial charge in [-0.1, -0.05) is 12.1 Å². The van der Waals surface area contributed by atoms with Crippen molar-refractivity contribution in [3.05, 3.63) is 77.4 Å². The van der Waals surface area contributed by atoms with Crippen LogP contribution in [-0.4, -0.2) is 49.3 Å². The number of Topliss-reactive ketones (excluding diaryl/α,β-unsaturated/α-hetero) is 1. The van der Waals surface area contributed by atoms with Crippen LogP contribution in [0.3, 0.4) is 0 Å². The van der Waals surface area contributed by atoms with Gasteiger partial charge in [0.05, 0.1) is 39.0 Å². The van der Waals surface area contributed by atoms with Crippen LogP contribution in [0.1, 0.15) is 31.0 Å². The van der Waals surface area contributed by atoms with Crippen LogP contribution in [0, 0.1) is 0 Å². The topological polar surface area (TPSA) is 115 Å². The summed E-state index contributed by atoms with van der Waals surface area (Å²) in [5.74, 6) is -0.679. The molecule has 9 heteroatoms. The van der Waals surface area contributed by atoms with Gasteiger partial charge in [-0.05, 0) is 61.9 Å². The first kappa shape index (κ1) is 26.4. The van der Waals surface area contributed by atoms with Crippen molar-refractivity contribution in [1.82, 2.24) is 0 Å². The van der Waals surface area contributed by atoms with Gasteiger partial charge in [-0.15, -0.1) is 0 Å². The maximum atomic E-state index is 13.5. The molecule has 3 aromatic rings. The van der Waals surface area contributed by atoms with Crippen molar-refractivity contribution in [2.45, 2.75) is 19.9 Å². The second kappa shape index (κ2) is 11.2. The molecule has 2 N–H and O–H groups in total. The van der Waals surface area contributed by atoms with E-state index in [1.807, 2.05) is 6.92 Å².